The highest BCUT2D eigenvalue weighted by atomic mass is 127. The van der Waals surface area contributed by atoms with Gasteiger partial charge in [0.1, 0.15) is 0 Å². The summed E-state index contributed by atoms with van der Waals surface area (Å²) in [7, 11) is 0. The van der Waals surface area contributed by atoms with E-state index in [0.29, 0.717) is 0 Å². The molecule has 0 aromatic rings. The molecule has 0 atom stereocenters. The van der Waals surface area contributed by atoms with E-state index in [2.05, 4.69) is 45.1 Å². The van der Waals surface area contributed by atoms with Crippen LogP contribution in [0.15, 0.2) is 0 Å². The van der Waals surface area contributed by atoms with E-state index >= 15 is 0 Å². The summed E-state index contributed by atoms with van der Waals surface area (Å²) in [5.41, 5.74) is 0. The maximum absolute atomic E-state index is 3.10. The first-order valence-corrected chi connectivity index (χ1v) is 4.48. The van der Waals surface area contributed by atoms with Gasteiger partial charge in [0, 0.05) is 36.0 Å². The molecule has 0 aromatic heterocycles. The fourth-order valence-electron chi connectivity index (χ4n) is 0.740. The Morgan fingerprint density at radius 2 is 1.89 bits per heavy atom. The van der Waals surface area contributed by atoms with E-state index in [1.165, 1.54) is 0 Å². The van der Waals surface area contributed by atoms with Crippen LogP contribution in [0.2, 0.25) is 0 Å². The molecule has 0 aromatic carbocycles. The number of hydrogen-bond acceptors (Lipinski definition) is 2. The number of nitrogens with one attached hydrogen (secondary N) is 1. The zero-order chi connectivity index (χ0) is 7.11. The molecular formula is C6H15IN2. The quantitative estimate of drug-likeness (QED) is 0.577. The molecular weight excluding hydrogens is 227 g/mol. The molecule has 1 N–H and O–H groups in total. The first kappa shape index (κ1) is 9.65. The van der Waals surface area contributed by atoms with Gasteiger partial charge in [0.25, 0.3) is 0 Å². The van der Waals surface area contributed by atoms with Gasteiger partial charge < -0.3 is 4.90 Å². The highest BCUT2D eigenvalue weighted by molar-refractivity contribution is 14.1. The molecule has 0 aliphatic heterocycles. The van der Waals surface area contributed by atoms with Crippen LogP contribution in [0.1, 0.15) is 13.8 Å². The van der Waals surface area contributed by atoms with Gasteiger partial charge in [-0.25, -0.2) is 0 Å². The standard InChI is InChI=1S/C6H15IN2/c1-3-9(4-2)6-5-8-7/h8H,3-6H2,1-2H3. The predicted octanol–water partition coefficient (Wildman–Crippen LogP) is 1.27. The Bertz CT molecular complexity index is 55.0. The molecule has 0 spiro atoms. The highest BCUT2D eigenvalue weighted by Gasteiger charge is 1.94. The normalized spacial score (nSPS) is 10.7. The second-order valence-corrected chi connectivity index (χ2v) is 2.67. The maximum atomic E-state index is 3.10. The van der Waals surface area contributed by atoms with Crippen molar-refractivity contribution >= 4 is 22.9 Å². The molecule has 0 fully saturated rings. The molecule has 0 rings (SSSR count). The van der Waals surface area contributed by atoms with Crippen LogP contribution in [-0.4, -0.2) is 31.1 Å². The zero-order valence-corrected chi connectivity index (χ0v) is 8.31. The van der Waals surface area contributed by atoms with E-state index in [-0.39, 0.29) is 0 Å². The molecule has 3 heteroatoms. The third kappa shape index (κ3) is 5.11. The van der Waals surface area contributed by atoms with Gasteiger partial charge in [0.05, 0.1) is 0 Å². The summed E-state index contributed by atoms with van der Waals surface area (Å²) in [6, 6.07) is 0. The molecule has 0 heterocycles. The Morgan fingerprint density at radius 3 is 2.22 bits per heavy atom. The second-order valence-electron chi connectivity index (χ2n) is 1.91. The maximum Gasteiger partial charge on any atom is 0.0178 e. The Labute approximate surface area is 71.5 Å². The second kappa shape index (κ2) is 6.77. The minimum atomic E-state index is 1.09. The number of hydrogen-bond donors (Lipinski definition) is 1. The van der Waals surface area contributed by atoms with E-state index in [0.717, 1.165) is 26.2 Å². The monoisotopic (exact) mass is 242 g/mol. The van der Waals surface area contributed by atoms with Gasteiger partial charge in [0.15, 0.2) is 0 Å². The summed E-state index contributed by atoms with van der Waals surface area (Å²) in [6.07, 6.45) is 0. The number of likely N-dealkylation sites (N-methyl/N-ethyl adjacent to an activating group) is 1. The molecule has 0 aliphatic rings. The predicted molar refractivity (Wildman–Crippen MR) is 49.8 cm³/mol. The average Bonchev–Trinajstić information content (AvgIpc) is 1.91. The van der Waals surface area contributed by atoms with Crippen molar-refractivity contribution in [2.24, 2.45) is 0 Å². The van der Waals surface area contributed by atoms with Crippen molar-refractivity contribution in [2.75, 3.05) is 26.2 Å². The van der Waals surface area contributed by atoms with Gasteiger partial charge in [-0.2, -0.15) is 0 Å². The molecule has 0 bridgehead atoms. The van der Waals surface area contributed by atoms with Crippen molar-refractivity contribution in [3.8, 4) is 0 Å². The van der Waals surface area contributed by atoms with E-state index in [1.54, 1.807) is 0 Å². The van der Waals surface area contributed by atoms with E-state index < -0.39 is 0 Å². The third-order valence-corrected chi connectivity index (χ3v) is 1.96. The molecule has 2 nitrogen and oxygen atoms in total. The van der Waals surface area contributed by atoms with E-state index in [1.807, 2.05) is 0 Å². The minimum Gasteiger partial charge on any atom is -0.303 e. The van der Waals surface area contributed by atoms with Gasteiger partial charge in [-0.15, -0.1) is 0 Å². The number of rotatable bonds is 5. The summed E-state index contributed by atoms with van der Waals surface area (Å²) in [6.45, 7) is 8.95. The van der Waals surface area contributed by atoms with Crippen LogP contribution in [0.25, 0.3) is 0 Å². The minimum absolute atomic E-state index is 1.09. The van der Waals surface area contributed by atoms with Crippen LogP contribution in [0.3, 0.4) is 0 Å². The van der Waals surface area contributed by atoms with Gasteiger partial charge >= 0.3 is 0 Å². The fraction of sp³-hybridized carbons (Fsp3) is 1.00. The van der Waals surface area contributed by atoms with Gasteiger partial charge in [-0.05, 0) is 13.1 Å². The first-order valence-electron chi connectivity index (χ1n) is 3.41. The lowest BCUT2D eigenvalue weighted by Gasteiger charge is -2.16. The largest absolute Gasteiger partial charge is 0.303 e. The van der Waals surface area contributed by atoms with E-state index in [4.69, 9.17) is 0 Å². The van der Waals surface area contributed by atoms with Crippen molar-refractivity contribution in [3.63, 3.8) is 0 Å². The van der Waals surface area contributed by atoms with Gasteiger partial charge in [-0.1, -0.05) is 13.8 Å². The van der Waals surface area contributed by atoms with Gasteiger partial charge in [-0.3, -0.25) is 3.53 Å². The smallest absolute Gasteiger partial charge is 0.0178 e. The molecule has 56 valence electrons. The number of halogens is 1. The summed E-state index contributed by atoms with van der Waals surface area (Å²) in [4.78, 5) is 2.39. The molecule has 0 aliphatic carbocycles. The lowest BCUT2D eigenvalue weighted by molar-refractivity contribution is 0.311. The van der Waals surface area contributed by atoms with Crippen LogP contribution >= 0.6 is 22.9 Å². The Hall–Kier alpha value is 0.650. The van der Waals surface area contributed by atoms with Gasteiger partial charge in [0.2, 0.25) is 0 Å². The lowest BCUT2D eigenvalue weighted by atomic mass is 10.5. The molecule has 9 heavy (non-hydrogen) atoms. The van der Waals surface area contributed by atoms with Crippen LogP contribution in [0.5, 0.6) is 0 Å². The van der Waals surface area contributed by atoms with Crippen LogP contribution < -0.4 is 3.53 Å². The van der Waals surface area contributed by atoms with Crippen molar-refractivity contribution in [3.05, 3.63) is 0 Å². The molecule has 0 amide bonds. The Kier molecular flexibility index (Phi) is 7.25. The summed E-state index contributed by atoms with van der Waals surface area (Å²) in [5.74, 6) is 0. The zero-order valence-electron chi connectivity index (χ0n) is 6.15. The Balaban J connectivity index is 3.09. The average molecular weight is 242 g/mol. The van der Waals surface area contributed by atoms with E-state index in [9.17, 15) is 0 Å². The lowest BCUT2D eigenvalue weighted by Crippen LogP contribution is -2.28. The molecule has 0 saturated carbocycles. The molecule has 0 radical (unpaired) electrons. The molecule has 0 unspecified atom stereocenters. The van der Waals surface area contributed by atoms with Crippen LogP contribution in [0, 0.1) is 0 Å². The first-order chi connectivity index (χ1) is 4.35. The van der Waals surface area contributed by atoms with Crippen molar-refractivity contribution in [1.82, 2.24) is 8.43 Å². The summed E-state index contributed by atoms with van der Waals surface area (Å²) >= 11 is 2.18. The fourth-order valence-corrected chi connectivity index (χ4v) is 0.981. The SMILES string of the molecule is CCN(CC)CCNI. The van der Waals surface area contributed by atoms with Crippen LogP contribution in [0.4, 0.5) is 0 Å². The van der Waals surface area contributed by atoms with Crippen molar-refractivity contribution < 1.29 is 0 Å². The van der Waals surface area contributed by atoms with Crippen LogP contribution in [-0.2, 0) is 0 Å². The topological polar surface area (TPSA) is 15.3 Å². The third-order valence-electron chi connectivity index (χ3n) is 1.42. The summed E-state index contributed by atoms with van der Waals surface area (Å²) < 4.78 is 3.10. The highest BCUT2D eigenvalue weighted by Crippen LogP contribution is 1.84. The Morgan fingerprint density at radius 1 is 1.33 bits per heavy atom. The summed E-state index contributed by atoms with van der Waals surface area (Å²) in [5, 5.41) is 0. The van der Waals surface area contributed by atoms with Crippen molar-refractivity contribution in [2.45, 2.75) is 13.8 Å². The number of nitrogens with zero attached hydrogens (tertiary/aromatic N) is 1. The van der Waals surface area contributed by atoms with Crippen molar-refractivity contribution in [1.29, 1.82) is 0 Å². The molecule has 0 saturated heterocycles.